The van der Waals surface area contributed by atoms with Crippen molar-refractivity contribution in [2.45, 2.75) is 13.8 Å². The fraction of sp³-hybridized carbons (Fsp3) is 0.308. The number of ether oxygens (including phenoxy) is 2. The summed E-state index contributed by atoms with van der Waals surface area (Å²) >= 11 is 6.36. The van der Waals surface area contributed by atoms with E-state index >= 15 is 0 Å². The Hall–Kier alpha value is -1.72. The zero-order valence-electron chi connectivity index (χ0n) is 11.3. The van der Waals surface area contributed by atoms with Crippen molar-refractivity contribution >= 4 is 28.2 Å². The molecule has 0 bridgehead atoms. The van der Waals surface area contributed by atoms with Gasteiger partial charge in [-0.1, -0.05) is 11.6 Å². The molecular formula is C13H16ClN3O2. The summed E-state index contributed by atoms with van der Waals surface area (Å²) in [6, 6.07) is 1.72. The second-order valence-corrected chi connectivity index (χ2v) is 4.54. The van der Waals surface area contributed by atoms with Crippen LogP contribution >= 0.6 is 11.6 Å². The van der Waals surface area contributed by atoms with E-state index in [-0.39, 0.29) is 0 Å². The van der Waals surface area contributed by atoms with Crippen molar-refractivity contribution < 1.29 is 9.47 Å². The third-order valence-electron chi connectivity index (χ3n) is 3.20. The van der Waals surface area contributed by atoms with Crippen LogP contribution in [0.5, 0.6) is 11.5 Å². The van der Waals surface area contributed by atoms with Crippen LogP contribution < -0.4 is 20.7 Å². The first-order valence-corrected chi connectivity index (χ1v) is 6.10. The van der Waals surface area contributed by atoms with Crippen LogP contribution in [0.1, 0.15) is 11.3 Å². The molecule has 0 atom stereocenters. The normalized spacial score (nSPS) is 10.6. The topological polar surface area (TPSA) is 69.4 Å². The first-order chi connectivity index (χ1) is 9.04. The molecule has 102 valence electrons. The average molecular weight is 282 g/mol. The molecule has 2 rings (SSSR count). The van der Waals surface area contributed by atoms with Gasteiger partial charge in [-0.2, -0.15) is 0 Å². The van der Waals surface area contributed by atoms with E-state index in [0.29, 0.717) is 27.4 Å². The number of nitrogen functional groups attached to an aromatic ring is 1. The molecule has 0 saturated carbocycles. The molecule has 0 aliphatic heterocycles. The molecule has 0 fully saturated rings. The number of nitrogens with one attached hydrogen (secondary N) is 1. The molecule has 0 saturated heterocycles. The maximum absolute atomic E-state index is 6.36. The van der Waals surface area contributed by atoms with E-state index in [9.17, 15) is 0 Å². The molecule has 0 radical (unpaired) electrons. The largest absolute Gasteiger partial charge is 0.495 e. The lowest BCUT2D eigenvalue weighted by molar-refractivity contribution is 0.397. The van der Waals surface area contributed by atoms with Crippen molar-refractivity contribution in [1.82, 2.24) is 4.98 Å². The minimum atomic E-state index is 0.460. The number of rotatable bonds is 3. The van der Waals surface area contributed by atoms with Gasteiger partial charge in [-0.05, 0) is 19.4 Å². The Morgan fingerprint density at radius 1 is 1.21 bits per heavy atom. The van der Waals surface area contributed by atoms with Gasteiger partial charge in [-0.25, -0.2) is 4.98 Å². The van der Waals surface area contributed by atoms with E-state index in [1.807, 2.05) is 13.8 Å². The van der Waals surface area contributed by atoms with Crippen LogP contribution in [0.15, 0.2) is 6.07 Å². The Labute approximate surface area is 116 Å². The van der Waals surface area contributed by atoms with Crippen molar-refractivity contribution in [3.63, 3.8) is 0 Å². The van der Waals surface area contributed by atoms with Crippen LogP contribution in [0.25, 0.3) is 10.9 Å². The molecule has 0 unspecified atom stereocenters. The van der Waals surface area contributed by atoms with Gasteiger partial charge in [0.15, 0.2) is 0 Å². The van der Waals surface area contributed by atoms with Gasteiger partial charge in [0.2, 0.25) is 0 Å². The third-order valence-corrected chi connectivity index (χ3v) is 3.57. The Morgan fingerprint density at radius 2 is 1.84 bits per heavy atom. The summed E-state index contributed by atoms with van der Waals surface area (Å²) < 4.78 is 10.6. The molecule has 1 aromatic carbocycles. The molecular weight excluding hydrogens is 266 g/mol. The van der Waals surface area contributed by atoms with E-state index in [2.05, 4.69) is 10.4 Å². The van der Waals surface area contributed by atoms with Crippen LogP contribution in [0, 0.1) is 13.8 Å². The van der Waals surface area contributed by atoms with Gasteiger partial charge in [0.1, 0.15) is 17.0 Å². The number of hydrogen-bond donors (Lipinski definition) is 2. The molecule has 0 amide bonds. The van der Waals surface area contributed by atoms with Crippen LogP contribution in [0.3, 0.4) is 0 Å². The van der Waals surface area contributed by atoms with Gasteiger partial charge in [0.25, 0.3) is 0 Å². The zero-order valence-corrected chi connectivity index (χ0v) is 12.1. The van der Waals surface area contributed by atoms with Crippen LogP contribution in [-0.4, -0.2) is 19.2 Å². The molecule has 19 heavy (non-hydrogen) atoms. The van der Waals surface area contributed by atoms with E-state index < -0.39 is 0 Å². The van der Waals surface area contributed by atoms with Gasteiger partial charge >= 0.3 is 0 Å². The smallest absolute Gasteiger partial charge is 0.148 e. The Bertz CT molecular complexity index is 644. The highest BCUT2D eigenvalue weighted by Gasteiger charge is 2.19. The highest BCUT2D eigenvalue weighted by molar-refractivity contribution is 6.38. The Balaban J connectivity index is 3.01. The number of hydrazine groups is 1. The van der Waals surface area contributed by atoms with Gasteiger partial charge < -0.3 is 14.9 Å². The van der Waals surface area contributed by atoms with Gasteiger partial charge in [0.05, 0.1) is 30.3 Å². The lowest BCUT2D eigenvalue weighted by atomic mass is 10.1. The van der Waals surface area contributed by atoms with E-state index in [1.54, 1.807) is 20.3 Å². The maximum atomic E-state index is 6.36. The quantitative estimate of drug-likeness (QED) is 0.669. The van der Waals surface area contributed by atoms with Crippen molar-refractivity contribution in [2.75, 3.05) is 19.6 Å². The lowest BCUT2D eigenvalue weighted by Gasteiger charge is -2.16. The van der Waals surface area contributed by atoms with Crippen molar-refractivity contribution in [2.24, 2.45) is 5.84 Å². The number of hydrogen-bond acceptors (Lipinski definition) is 5. The molecule has 6 heteroatoms. The summed E-state index contributed by atoms with van der Waals surface area (Å²) in [4.78, 5) is 4.53. The van der Waals surface area contributed by atoms with E-state index in [1.165, 1.54) is 0 Å². The van der Waals surface area contributed by atoms with Gasteiger partial charge in [0, 0.05) is 11.8 Å². The first-order valence-electron chi connectivity index (χ1n) is 5.73. The molecule has 3 N–H and O–H groups in total. The first kappa shape index (κ1) is 13.7. The number of fused-ring (bicyclic) bond motifs is 1. The standard InChI is InChI=1S/C13H16ClN3O2/c1-6-7(2)16-13-9(19-4)5-8(18-3)11(14)10(13)12(6)17-15/h5H,15H2,1-4H3,(H,16,17). The predicted octanol–water partition coefficient (Wildman–Crippen LogP) is 2.81. The van der Waals surface area contributed by atoms with Crippen LogP contribution in [0.4, 0.5) is 5.69 Å². The van der Waals surface area contributed by atoms with Crippen molar-refractivity contribution in [3.8, 4) is 11.5 Å². The monoisotopic (exact) mass is 281 g/mol. The molecule has 0 spiro atoms. The number of aromatic nitrogens is 1. The lowest BCUT2D eigenvalue weighted by Crippen LogP contribution is -2.11. The summed E-state index contributed by atoms with van der Waals surface area (Å²) in [5, 5.41) is 1.16. The Morgan fingerprint density at radius 3 is 2.37 bits per heavy atom. The van der Waals surface area contributed by atoms with Crippen molar-refractivity contribution in [1.29, 1.82) is 0 Å². The van der Waals surface area contributed by atoms with Crippen molar-refractivity contribution in [3.05, 3.63) is 22.3 Å². The summed E-state index contributed by atoms with van der Waals surface area (Å²) in [5.41, 5.74) is 5.87. The predicted molar refractivity (Wildman–Crippen MR) is 77.1 cm³/mol. The molecule has 5 nitrogen and oxygen atoms in total. The van der Waals surface area contributed by atoms with Gasteiger partial charge in [-0.15, -0.1) is 0 Å². The molecule has 0 aliphatic carbocycles. The molecule has 1 heterocycles. The highest BCUT2D eigenvalue weighted by Crippen LogP contribution is 2.42. The molecule has 0 aliphatic rings. The minimum Gasteiger partial charge on any atom is -0.495 e. The van der Waals surface area contributed by atoms with Crippen LogP contribution in [0.2, 0.25) is 5.02 Å². The zero-order chi connectivity index (χ0) is 14.2. The second kappa shape index (κ2) is 5.11. The minimum absolute atomic E-state index is 0.460. The molecule has 2 aromatic rings. The summed E-state index contributed by atoms with van der Waals surface area (Å²) in [6.07, 6.45) is 0. The SMILES string of the molecule is COc1cc(OC)c2nc(C)c(C)c(NN)c2c1Cl. The second-order valence-electron chi connectivity index (χ2n) is 4.16. The number of anilines is 1. The number of benzene rings is 1. The number of methoxy groups -OCH3 is 2. The fourth-order valence-corrected chi connectivity index (χ4v) is 2.36. The van der Waals surface area contributed by atoms with Gasteiger partial charge in [-0.3, -0.25) is 5.84 Å². The number of pyridine rings is 1. The van der Waals surface area contributed by atoms with E-state index in [4.69, 9.17) is 26.9 Å². The number of halogens is 1. The Kier molecular flexibility index (Phi) is 3.68. The maximum Gasteiger partial charge on any atom is 0.148 e. The van der Waals surface area contributed by atoms with E-state index in [0.717, 1.165) is 16.9 Å². The summed E-state index contributed by atoms with van der Waals surface area (Å²) in [5.74, 6) is 6.73. The number of aryl methyl sites for hydroxylation is 1. The highest BCUT2D eigenvalue weighted by atomic mass is 35.5. The number of nitrogens with zero attached hydrogens (tertiary/aromatic N) is 1. The summed E-state index contributed by atoms with van der Waals surface area (Å²) in [6.45, 7) is 3.84. The molecule has 1 aromatic heterocycles. The summed E-state index contributed by atoms with van der Waals surface area (Å²) in [7, 11) is 3.13. The number of nitrogens with two attached hydrogens (primary N) is 1. The third kappa shape index (κ3) is 2.05. The fourth-order valence-electron chi connectivity index (χ4n) is 2.04. The van der Waals surface area contributed by atoms with Crippen LogP contribution in [-0.2, 0) is 0 Å². The average Bonchev–Trinajstić information content (AvgIpc) is 2.41.